The minimum Gasteiger partial charge on any atom is -0.478 e. The Morgan fingerprint density at radius 2 is 2.20 bits per heavy atom. The van der Waals surface area contributed by atoms with E-state index in [0.717, 1.165) is 30.6 Å². The molecule has 20 heavy (non-hydrogen) atoms. The molecule has 0 spiro atoms. The van der Waals surface area contributed by atoms with Crippen LogP contribution in [0.5, 0.6) is 0 Å². The lowest BCUT2D eigenvalue weighted by atomic mass is 9.84. The SMILES string of the molecule is O=C(O)c1ccc2c(c1)CCC(=CC1CCOC1)C2=O. The summed E-state index contributed by atoms with van der Waals surface area (Å²) in [5.74, 6) is -0.575. The number of rotatable bonds is 2. The van der Waals surface area contributed by atoms with Gasteiger partial charge in [0.1, 0.15) is 0 Å². The molecule has 1 saturated heterocycles. The summed E-state index contributed by atoms with van der Waals surface area (Å²) in [6.07, 6.45) is 4.43. The number of benzene rings is 1. The van der Waals surface area contributed by atoms with Gasteiger partial charge in [-0.25, -0.2) is 4.79 Å². The topological polar surface area (TPSA) is 63.6 Å². The van der Waals surface area contributed by atoms with Crippen molar-refractivity contribution in [3.63, 3.8) is 0 Å². The molecule has 1 aromatic carbocycles. The van der Waals surface area contributed by atoms with E-state index < -0.39 is 5.97 Å². The van der Waals surface area contributed by atoms with Gasteiger partial charge in [0.2, 0.25) is 0 Å². The average Bonchev–Trinajstić information content (AvgIpc) is 2.94. The predicted molar refractivity (Wildman–Crippen MR) is 73.1 cm³/mol. The second-order valence-electron chi connectivity index (χ2n) is 5.32. The lowest BCUT2D eigenvalue weighted by Crippen LogP contribution is -2.16. The first kappa shape index (κ1) is 13.1. The number of carbonyl (C=O) groups excluding carboxylic acids is 1. The fourth-order valence-corrected chi connectivity index (χ4v) is 2.84. The number of allylic oxidation sites excluding steroid dienone is 1. The number of hydrogen-bond donors (Lipinski definition) is 1. The second-order valence-corrected chi connectivity index (χ2v) is 5.32. The van der Waals surface area contributed by atoms with Crippen LogP contribution in [0.3, 0.4) is 0 Å². The monoisotopic (exact) mass is 272 g/mol. The zero-order chi connectivity index (χ0) is 14.1. The Bertz CT molecular complexity index is 594. The molecule has 1 heterocycles. The number of hydrogen-bond acceptors (Lipinski definition) is 3. The minimum absolute atomic E-state index is 0.0371. The normalized spacial score (nSPS) is 23.9. The third-order valence-electron chi connectivity index (χ3n) is 3.95. The van der Waals surface area contributed by atoms with Gasteiger partial charge in [-0.3, -0.25) is 4.79 Å². The van der Waals surface area contributed by atoms with Gasteiger partial charge in [-0.2, -0.15) is 0 Å². The number of aromatic carboxylic acids is 1. The molecule has 0 aromatic heterocycles. The van der Waals surface area contributed by atoms with Crippen LogP contribution >= 0.6 is 0 Å². The number of ketones is 1. The van der Waals surface area contributed by atoms with Gasteiger partial charge in [-0.1, -0.05) is 6.08 Å². The molecule has 1 aliphatic carbocycles. The predicted octanol–water partition coefficient (Wildman–Crippen LogP) is 2.48. The molecule has 0 amide bonds. The zero-order valence-electron chi connectivity index (χ0n) is 11.1. The third kappa shape index (κ3) is 2.39. The van der Waals surface area contributed by atoms with Crippen molar-refractivity contribution in [2.45, 2.75) is 19.3 Å². The van der Waals surface area contributed by atoms with Gasteiger partial charge in [0.15, 0.2) is 5.78 Å². The molecule has 1 fully saturated rings. The Morgan fingerprint density at radius 3 is 2.90 bits per heavy atom. The van der Waals surface area contributed by atoms with Crippen molar-refractivity contribution in [1.29, 1.82) is 0 Å². The van der Waals surface area contributed by atoms with E-state index in [1.807, 2.05) is 6.08 Å². The van der Waals surface area contributed by atoms with E-state index >= 15 is 0 Å². The number of fused-ring (bicyclic) bond motifs is 1. The largest absolute Gasteiger partial charge is 0.478 e. The highest BCUT2D eigenvalue weighted by molar-refractivity contribution is 6.11. The van der Waals surface area contributed by atoms with Crippen LogP contribution in [0.15, 0.2) is 29.8 Å². The fraction of sp³-hybridized carbons (Fsp3) is 0.375. The summed E-state index contributed by atoms with van der Waals surface area (Å²) in [7, 11) is 0. The van der Waals surface area contributed by atoms with Gasteiger partial charge in [0.05, 0.1) is 12.2 Å². The second kappa shape index (κ2) is 5.21. The Hall–Kier alpha value is -1.94. The number of carboxylic acids is 1. The number of carbonyl (C=O) groups is 2. The molecule has 1 aromatic rings. The van der Waals surface area contributed by atoms with Crippen LogP contribution in [0, 0.1) is 5.92 Å². The van der Waals surface area contributed by atoms with Crippen molar-refractivity contribution in [3.05, 3.63) is 46.5 Å². The van der Waals surface area contributed by atoms with Crippen molar-refractivity contribution in [3.8, 4) is 0 Å². The molecule has 104 valence electrons. The van der Waals surface area contributed by atoms with Gasteiger partial charge in [-0.05, 0) is 48.6 Å². The molecule has 1 unspecified atom stereocenters. The van der Waals surface area contributed by atoms with Gasteiger partial charge >= 0.3 is 5.97 Å². The summed E-state index contributed by atoms with van der Waals surface area (Å²) < 4.78 is 5.32. The van der Waals surface area contributed by atoms with E-state index in [1.165, 1.54) is 6.07 Å². The fourth-order valence-electron chi connectivity index (χ4n) is 2.84. The minimum atomic E-state index is -0.954. The number of ether oxygens (including phenoxy) is 1. The summed E-state index contributed by atoms with van der Waals surface area (Å²) in [5.41, 5.74) is 2.57. The highest BCUT2D eigenvalue weighted by Crippen LogP contribution is 2.28. The van der Waals surface area contributed by atoms with Crippen molar-refractivity contribution in [2.75, 3.05) is 13.2 Å². The maximum absolute atomic E-state index is 12.4. The molecular weight excluding hydrogens is 256 g/mol. The van der Waals surface area contributed by atoms with E-state index in [0.29, 0.717) is 24.5 Å². The maximum Gasteiger partial charge on any atom is 0.335 e. The van der Waals surface area contributed by atoms with Crippen molar-refractivity contribution in [1.82, 2.24) is 0 Å². The summed E-state index contributed by atoms with van der Waals surface area (Å²) in [6, 6.07) is 4.75. The first-order valence-electron chi connectivity index (χ1n) is 6.84. The molecular formula is C16H16O4. The smallest absolute Gasteiger partial charge is 0.335 e. The lowest BCUT2D eigenvalue weighted by molar-refractivity contribution is 0.0696. The zero-order valence-corrected chi connectivity index (χ0v) is 11.1. The average molecular weight is 272 g/mol. The number of carboxylic acid groups (broad SMARTS) is 1. The molecule has 0 bridgehead atoms. The van der Waals surface area contributed by atoms with Crippen LogP contribution < -0.4 is 0 Å². The lowest BCUT2D eigenvalue weighted by Gasteiger charge is -2.18. The summed E-state index contributed by atoms with van der Waals surface area (Å²) >= 11 is 0. The molecule has 1 N–H and O–H groups in total. The first-order valence-corrected chi connectivity index (χ1v) is 6.84. The molecule has 3 rings (SSSR count). The highest BCUT2D eigenvalue weighted by atomic mass is 16.5. The van der Waals surface area contributed by atoms with E-state index in [4.69, 9.17) is 9.84 Å². The van der Waals surface area contributed by atoms with Crippen LogP contribution in [0.1, 0.15) is 39.1 Å². The summed E-state index contributed by atoms with van der Waals surface area (Å²) in [5, 5.41) is 8.98. The van der Waals surface area contributed by atoms with E-state index in [9.17, 15) is 9.59 Å². The molecule has 1 aliphatic heterocycles. The molecule has 4 heteroatoms. The Morgan fingerprint density at radius 1 is 1.35 bits per heavy atom. The molecule has 0 radical (unpaired) electrons. The van der Waals surface area contributed by atoms with Crippen molar-refractivity contribution in [2.24, 2.45) is 5.92 Å². The van der Waals surface area contributed by atoms with E-state index in [2.05, 4.69) is 0 Å². The molecule has 2 aliphatic rings. The standard InChI is InChI=1S/C16H16O4/c17-15-12(7-10-5-6-20-9-10)2-1-11-8-13(16(18)19)3-4-14(11)15/h3-4,7-8,10H,1-2,5-6,9H2,(H,18,19). The summed E-state index contributed by atoms with van der Waals surface area (Å²) in [4.78, 5) is 23.4. The number of aryl methyl sites for hydroxylation is 1. The molecule has 0 saturated carbocycles. The van der Waals surface area contributed by atoms with Crippen molar-refractivity contribution < 1.29 is 19.4 Å². The van der Waals surface area contributed by atoms with Crippen molar-refractivity contribution >= 4 is 11.8 Å². The summed E-state index contributed by atoms with van der Waals surface area (Å²) in [6.45, 7) is 1.46. The van der Waals surface area contributed by atoms with E-state index in [-0.39, 0.29) is 11.3 Å². The molecule has 1 atom stereocenters. The third-order valence-corrected chi connectivity index (χ3v) is 3.95. The first-order chi connectivity index (χ1) is 9.65. The van der Waals surface area contributed by atoms with Gasteiger partial charge < -0.3 is 9.84 Å². The van der Waals surface area contributed by atoms with Crippen LogP contribution in [-0.4, -0.2) is 30.1 Å². The van der Waals surface area contributed by atoms with Gasteiger partial charge in [0, 0.05) is 18.1 Å². The van der Waals surface area contributed by atoms with Crippen LogP contribution in [-0.2, 0) is 11.2 Å². The van der Waals surface area contributed by atoms with E-state index in [1.54, 1.807) is 12.1 Å². The van der Waals surface area contributed by atoms with Crippen LogP contribution in [0.25, 0.3) is 0 Å². The number of Topliss-reactive ketones (excluding diaryl/α,β-unsaturated/α-hetero) is 1. The van der Waals surface area contributed by atoms with Crippen LogP contribution in [0.4, 0.5) is 0 Å². The molecule has 4 nitrogen and oxygen atoms in total. The Kier molecular flexibility index (Phi) is 3.40. The highest BCUT2D eigenvalue weighted by Gasteiger charge is 2.24. The Balaban J connectivity index is 1.89. The maximum atomic E-state index is 12.4. The van der Waals surface area contributed by atoms with Gasteiger partial charge in [-0.15, -0.1) is 0 Å². The quantitative estimate of drug-likeness (QED) is 0.840. The van der Waals surface area contributed by atoms with Gasteiger partial charge in [0.25, 0.3) is 0 Å². The van der Waals surface area contributed by atoms with Crippen LogP contribution in [0.2, 0.25) is 0 Å². The Labute approximate surface area is 117 Å².